The molecule has 0 aliphatic heterocycles. The van der Waals surface area contributed by atoms with Crippen LogP contribution in [0.1, 0.15) is 0 Å². The second-order valence-electron chi connectivity index (χ2n) is 4.56. The first-order valence-electron chi connectivity index (χ1n) is 6.50. The SMILES string of the molecule is C=CCN(c1ccc(Cl)cc1)S(=O)(=O)c1cccc([N+](=O)[O-])c1. The van der Waals surface area contributed by atoms with Crippen molar-refractivity contribution < 1.29 is 13.3 Å². The Balaban J connectivity index is 2.52. The van der Waals surface area contributed by atoms with E-state index in [1.807, 2.05) is 0 Å². The highest BCUT2D eigenvalue weighted by molar-refractivity contribution is 7.92. The van der Waals surface area contributed by atoms with Gasteiger partial charge in [-0.3, -0.25) is 14.4 Å². The van der Waals surface area contributed by atoms with Crippen LogP contribution in [-0.2, 0) is 10.0 Å². The van der Waals surface area contributed by atoms with Gasteiger partial charge < -0.3 is 0 Å². The Morgan fingerprint density at radius 2 is 1.87 bits per heavy atom. The van der Waals surface area contributed by atoms with E-state index in [-0.39, 0.29) is 17.1 Å². The zero-order chi connectivity index (χ0) is 17.0. The molecule has 2 aromatic rings. The van der Waals surface area contributed by atoms with Crippen LogP contribution in [0.2, 0.25) is 5.02 Å². The summed E-state index contributed by atoms with van der Waals surface area (Å²) in [6.45, 7) is 3.58. The number of nitro groups is 1. The summed E-state index contributed by atoms with van der Waals surface area (Å²) in [5, 5.41) is 11.3. The van der Waals surface area contributed by atoms with Crippen molar-refractivity contribution in [3.8, 4) is 0 Å². The number of hydrogen-bond donors (Lipinski definition) is 0. The molecule has 8 heteroatoms. The van der Waals surface area contributed by atoms with Crippen LogP contribution in [0.15, 0.2) is 66.1 Å². The fourth-order valence-corrected chi connectivity index (χ4v) is 3.55. The summed E-state index contributed by atoms with van der Waals surface area (Å²) in [7, 11) is -3.97. The fraction of sp³-hybridized carbons (Fsp3) is 0.0667. The van der Waals surface area contributed by atoms with Gasteiger partial charge in [0.2, 0.25) is 0 Å². The molecule has 0 aromatic heterocycles. The van der Waals surface area contributed by atoms with Crippen molar-refractivity contribution in [2.45, 2.75) is 4.90 Å². The minimum atomic E-state index is -3.97. The minimum Gasteiger partial charge on any atom is -0.263 e. The Morgan fingerprint density at radius 1 is 1.22 bits per heavy atom. The first-order valence-corrected chi connectivity index (χ1v) is 8.31. The van der Waals surface area contributed by atoms with Gasteiger partial charge in [-0.1, -0.05) is 23.7 Å². The molecule has 0 aliphatic rings. The van der Waals surface area contributed by atoms with E-state index < -0.39 is 14.9 Å². The standard InChI is InChI=1S/C15H13ClN2O4S/c1-2-10-17(13-8-6-12(16)7-9-13)23(21,22)15-5-3-4-14(11-15)18(19)20/h2-9,11H,1,10H2. The predicted octanol–water partition coefficient (Wildman–Crippen LogP) is 3.63. The third-order valence-corrected chi connectivity index (χ3v) is 5.07. The van der Waals surface area contributed by atoms with Crippen molar-refractivity contribution in [2.75, 3.05) is 10.8 Å². The van der Waals surface area contributed by atoms with Gasteiger partial charge in [0.25, 0.3) is 15.7 Å². The summed E-state index contributed by atoms with van der Waals surface area (Å²) in [6.07, 6.45) is 1.43. The summed E-state index contributed by atoms with van der Waals surface area (Å²) in [6, 6.07) is 11.2. The molecule has 120 valence electrons. The van der Waals surface area contributed by atoms with Crippen LogP contribution in [0.5, 0.6) is 0 Å². The number of benzene rings is 2. The lowest BCUT2D eigenvalue weighted by Gasteiger charge is -2.23. The number of halogens is 1. The maximum Gasteiger partial charge on any atom is 0.270 e. The molecule has 6 nitrogen and oxygen atoms in total. The van der Waals surface area contributed by atoms with Crippen LogP contribution in [0, 0.1) is 10.1 Å². The number of rotatable bonds is 6. The second-order valence-corrected chi connectivity index (χ2v) is 6.85. The molecule has 23 heavy (non-hydrogen) atoms. The Morgan fingerprint density at radius 3 is 2.43 bits per heavy atom. The Labute approximate surface area is 138 Å². The third kappa shape index (κ3) is 3.69. The Kier molecular flexibility index (Phi) is 5.02. The zero-order valence-corrected chi connectivity index (χ0v) is 13.5. The highest BCUT2D eigenvalue weighted by atomic mass is 35.5. The Bertz CT molecular complexity index is 835. The minimum absolute atomic E-state index is 0.0205. The smallest absolute Gasteiger partial charge is 0.263 e. The summed E-state index contributed by atoms with van der Waals surface area (Å²) in [5.74, 6) is 0. The number of non-ortho nitro benzene ring substituents is 1. The number of nitro benzene ring substituents is 1. The van der Waals surface area contributed by atoms with Gasteiger partial charge in [0.1, 0.15) is 0 Å². The molecule has 0 spiro atoms. The lowest BCUT2D eigenvalue weighted by molar-refractivity contribution is -0.385. The molecule has 0 unspecified atom stereocenters. The number of hydrogen-bond acceptors (Lipinski definition) is 4. The van der Waals surface area contributed by atoms with Crippen molar-refractivity contribution in [2.24, 2.45) is 0 Å². The normalized spacial score (nSPS) is 11.0. The second kappa shape index (κ2) is 6.80. The van der Waals surface area contributed by atoms with E-state index in [0.29, 0.717) is 10.7 Å². The van der Waals surface area contributed by atoms with Gasteiger partial charge in [-0.05, 0) is 30.3 Å². The lowest BCUT2D eigenvalue weighted by Crippen LogP contribution is -2.31. The first-order chi connectivity index (χ1) is 10.9. The largest absolute Gasteiger partial charge is 0.270 e. The maximum absolute atomic E-state index is 12.8. The molecule has 0 bridgehead atoms. The molecule has 0 aliphatic carbocycles. The van der Waals surface area contributed by atoms with E-state index in [1.54, 1.807) is 24.3 Å². The highest BCUT2D eigenvalue weighted by Crippen LogP contribution is 2.26. The third-order valence-electron chi connectivity index (χ3n) is 3.03. The van der Waals surface area contributed by atoms with Crippen LogP contribution in [0.4, 0.5) is 11.4 Å². The molecule has 0 N–H and O–H groups in total. The lowest BCUT2D eigenvalue weighted by atomic mass is 10.3. The van der Waals surface area contributed by atoms with Gasteiger partial charge in [-0.2, -0.15) is 0 Å². The van der Waals surface area contributed by atoms with Gasteiger partial charge in [0, 0.05) is 17.2 Å². The van der Waals surface area contributed by atoms with E-state index in [9.17, 15) is 18.5 Å². The number of sulfonamides is 1. The van der Waals surface area contributed by atoms with E-state index in [4.69, 9.17) is 11.6 Å². The molecule has 0 heterocycles. The van der Waals surface area contributed by atoms with Gasteiger partial charge >= 0.3 is 0 Å². The molecule has 0 amide bonds. The number of nitrogens with zero attached hydrogens (tertiary/aromatic N) is 2. The average molecular weight is 353 g/mol. The van der Waals surface area contributed by atoms with Crippen molar-refractivity contribution in [3.05, 3.63) is 76.3 Å². The first kappa shape index (κ1) is 17.0. The molecule has 0 radical (unpaired) electrons. The topological polar surface area (TPSA) is 80.5 Å². The van der Waals surface area contributed by atoms with E-state index in [1.165, 1.54) is 24.3 Å². The van der Waals surface area contributed by atoms with E-state index >= 15 is 0 Å². The van der Waals surface area contributed by atoms with Crippen molar-refractivity contribution in [3.63, 3.8) is 0 Å². The average Bonchev–Trinajstić information content (AvgIpc) is 2.53. The zero-order valence-electron chi connectivity index (χ0n) is 11.9. The van der Waals surface area contributed by atoms with Gasteiger partial charge in [0.15, 0.2) is 0 Å². The van der Waals surface area contributed by atoms with Crippen molar-refractivity contribution in [1.29, 1.82) is 0 Å². The molecule has 0 saturated carbocycles. The maximum atomic E-state index is 12.8. The van der Waals surface area contributed by atoms with Gasteiger partial charge in [-0.15, -0.1) is 6.58 Å². The molecule has 2 aromatic carbocycles. The summed E-state index contributed by atoms with van der Waals surface area (Å²) >= 11 is 5.82. The van der Waals surface area contributed by atoms with Gasteiger partial charge in [0.05, 0.1) is 22.1 Å². The van der Waals surface area contributed by atoms with Crippen molar-refractivity contribution >= 4 is 33.0 Å². The fourth-order valence-electron chi connectivity index (χ4n) is 1.95. The highest BCUT2D eigenvalue weighted by Gasteiger charge is 2.25. The van der Waals surface area contributed by atoms with E-state index in [2.05, 4.69) is 6.58 Å². The molecule has 0 saturated heterocycles. The van der Waals surface area contributed by atoms with Crippen LogP contribution in [0.3, 0.4) is 0 Å². The monoisotopic (exact) mass is 352 g/mol. The molecular formula is C15H13ClN2O4S. The predicted molar refractivity (Wildman–Crippen MR) is 89.3 cm³/mol. The molecular weight excluding hydrogens is 340 g/mol. The van der Waals surface area contributed by atoms with E-state index in [0.717, 1.165) is 10.4 Å². The quantitative estimate of drug-likeness (QED) is 0.451. The summed E-state index contributed by atoms with van der Waals surface area (Å²) < 4.78 is 26.7. The van der Waals surface area contributed by atoms with Crippen LogP contribution >= 0.6 is 11.6 Å². The van der Waals surface area contributed by atoms with Crippen LogP contribution in [-0.4, -0.2) is 19.9 Å². The number of anilines is 1. The summed E-state index contributed by atoms with van der Waals surface area (Å²) in [5.41, 5.74) is 0.0986. The van der Waals surface area contributed by atoms with Crippen molar-refractivity contribution in [1.82, 2.24) is 0 Å². The molecule has 2 rings (SSSR count). The molecule has 0 atom stereocenters. The summed E-state index contributed by atoms with van der Waals surface area (Å²) in [4.78, 5) is 10.0. The van der Waals surface area contributed by atoms with Crippen LogP contribution < -0.4 is 4.31 Å². The van der Waals surface area contributed by atoms with Crippen LogP contribution in [0.25, 0.3) is 0 Å². The Hall–Kier alpha value is -2.38. The molecule has 0 fully saturated rings. The van der Waals surface area contributed by atoms with Gasteiger partial charge in [-0.25, -0.2) is 8.42 Å².